The zero-order valence-electron chi connectivity index (χ0n) is 7.92. The van der Waals surface area contributed by atoms with Gasteiger partial charge in [0.05, 0.1) is 0 Å². The maximum atomic E-state index is 11.3. The molecule has 1 amide bonds. The number of carbonyl (C=O) groups is 1. The van der Waals surface area contributed by atoms with E-state index in [9.17, 15) is 4.79 Å². The Morgan fingerprint density at radius 3 is 2.00 bits per heavy atom. The van der Waals surface area contributed by atoms with Crippen LogP contribution in [0.1, 0.15) is 27.7 Å². The average molecular weight is 175 g/mol. The third-order valence-corrected chi connectivity index (χ3v) is 2.36. The van der Waals surface area contributed by atoms with Gasteiger partial charge >= 0.3 is 0 Å². The Hall–Kier alpha value is -0.180. The molecular weight excluding hydrogens is 158 g/mol. The molecule has 0 aromatic carbocycles. The fraction of sp³-hybridized carbons (Fsp3) is 0.875. The van der Waals surface area contributed by atoms with Crippen LogP contribution in [0.4, 0.5) is 4.79 Å². The second kappa shape index (κ2) is 4.65. The number of hydrogen-bond donors (Lipinski definition) is 0. The van der Waals surface area contributed by atoms with Crippen LogP contribution >= 0.6 is 11.8 Å². The molecule has 0 fully saturated rings. The van der Waals surface area contributed by atoms with Crippen molar-refractivity contribution in [1.29, 1.82) is 0 Å². The summed E-state index contributed by atoms with van der Waals surface area (Å²) in [5.41, 5.74) is 0. The predicted octanol–water partition coefficient (Wildman–Crippen LogP) is 2.59. The molecule has 11 heavy (non-hydrogen) atoms. The lowest BCUT2D eigenvalue weighted by atomic mass is 10.4. The molecule has 3 heteroatoms. The van der Waals surface area contributed by atoms with E-state index in [0.717, 1.165) is 0 Å². The summed E-state index contributed by atoms with van der Waals surface area (Å²) in [5, 5.41) is 0.540. The largest absolute Gasteiger partial charge is 0.334 e. The minimum atomic E-state index is 0.162. The molecule has 0 bridgehead atoms. The molecule has 0 rings (SSSR count). The standard InChI is InChI=1S/C8H17NOS/c1-6(2)9(5)8(10)11-7(3)4/h6-7H,1-5H3. The molecule has 0 atom stereocenters. The van der Waals surface area contributed by atoms with Crippen molar-refractivity contribution in [3.63, 3.8) is 0 Å². The molecule has 0 aromatic heterocycles. The van der Waals surface area contributed by atoms with Crippen LogP contribution in [-0.2, 0) is 0 Å². The molecule has 66 valence electrons. The van der Waals surface area contributed by atoms with Gasteiger partial charge in [0.25, 0.3) is 5.24 Å². The first-order valence-electron chi connectivity index (χ1n) is 3.88. The first-order valence-corrected chi connectivity index (χ1v) is 4.76. The second-order valence-corrected chi connectivity index (χ2v) is 4.66. The predicted molar refractivity (Wildman–Crippen MR) is 51.0 cm³/mol. The minimum absolute atomic E-state index is 0.162. The Balaban J connectivity index is 3.83. The number of amides is 1. The summed E-state index contributed by atoms with van der Waals surface area (Å²) in [4.78, 5) is 13.0. The monoisotopic (exact) mass is 175 g/mol. The summed E-state index contributed by atoms with van der Waals surface area (Å²) in [6.07, 6.45) is 0. The molecule has 0 aliphatic carbocycles. The topological polar surface area (TPSA) is 20.3 Å². The molecule has 0 saturated carbocycles. The molecule has 0 radical (unpaired) electrons. The second-order valence-electron chi connectivity index (χ2n) is 3.14. The molecule has 0 spiro atoms. The molecule has 0 N–H and O–H groups in total. The van der Waals surface area contributed by atoms with E-state index in [-0.39, 0.29) is 5.24 Å². The Morgan fingerprint density at radius 2 is 1.73 bits per heavy atom. The highest BCUT2D eigenvalue weighted by molar-refractivity contribution is 8.14. The fourth-order valence-corrected chi connectivity index (χ4v) is 1.28. The van der Waals surface area contributed by atoms with Gasteiger partial charge in [-0.25, -0.2) is 0 Å². The van der Waals surface area contributed by atoms with Gasteiger partial charge in [-0.05, 0) is 13.8 Å². The number of nitrogens with zero attached hydrogens (tertiary/aromatic N) is 1. The van der Waals surface area contributed by atoms with Gasteiger partial charge in [0.15, 0.2) is 0 Å². The van der Waals surface area contributed by atoms with Gasteiger partial charge in [-0.2, -0.15) is 0 Å². The smallest absolute Gasteiger partial charge is 0.281 e. The third kappa shape index (κ3) is 4.30. The molecule has 0 aliphatic rings. The van der Waals surface area contributed by atoms with Crippen LogP contribution in [0.25, 0.3) is 0 Å². The van der Waals surface area contributed by atoms with Crippen molar-refractivity contribution in [1.82, 2.24) is 4.90 Å². The van der Waals surface area contributed by atoms with Crippen molar-refractivity contribution < 1.29 is 4.79 Å². The average Bonchev–Trinajstić information content (AvgIpc) is 1.84. The lowest BCUT2D eigenvalue weighted by Crippen LogP contribution is -2.30. The first-order chi connectivity index (χ1) is 4.95. The maximum absolute atomic E-state index is 11.3. The minimum Gasteiger partial charge on any atom is -0.334 e. The molecular formula is C8H17NOS. The summed E-state index contributed by atoms with van der Waals surface area (Å²) in [6, 6.07) is 0.300. The Bertz CT molecular complexity index is 134. The highest BCUT2D eigenvalue weighted by Gasteiger charge is 2.13. The van der Waals surface area contributed by atoms with E-state index in [1.165, 1.54) is 11.8 Å². The van der Waals surface area contributed by atoms with E-state index in [0.29, 0.717) is 11.3 Å². The van der Waals surface area contributed by atoms with Crippen LogP contribution in [0.2, 0.25) is 0 Å². The van der Waals surface area contributed by atoms with Crippen molar-refractivity contribution in [2.75, 3.05) is 7.05 Å². The van der Waals surface area contributed by atoms with E-state index in [1.54, 1.807) is 4.90 Å². The molecule has 0 unspecified atom stereocenters. The van der Waals surface area contributed by atoms with Crippen LogP contribution in [0.5, 0.6) is 0 Å². The molecule has 0 aliphatic heterocycles. The van der Waals surface area contributed by atoms with Gasteiger partial charge < -0.3 is 4.90 Å². The number of rotatable bonds is 2. The summed E-state index contributed by atoms with van der Waals surface area (Å²) in [7, 11) is 1.84. The molecule has 0 heterocycles. The van der Waals surface area contributed by atoms with Crippen LogP contribution in [0.15, 0.2) is 0 Å². The summed E-state index contributed by atoms with van der Waals surface area (Å²) in [5.74, 6) is 0. The van der Waals surface area contributed by atoms with Gasteiger partial charge in [-0.15, -0.1) is 0 Å². The van der Waals surface area contributed by atoms with Crippen molar-refractivity contribution in [3.05, 3.63) is 0 Å². The summed E-state index contributed by atoms with van der Waals surface area (Å²) >= 11 is 1.38. The lowest BCUT2D eigenvalue weighted by molar-refractivity contribution is 0.223. The van der Waals surface area contributed by atoms with Crippen LogP contribution in [0.3, 0.4) is 0 Å². The quantitative estimate of drug-likeness (QED) is 0.643. The summed E-state index contributed by atoms with van der Waals surface area (Å²) in [6.45, 7) is 8.07. The van der Waals surface area contributed by atoms with E-state index < -0.39 is 0 Å². The van der Waals surface area contributed by atoms with Gasteiger partial charge in [-0.1, -0.05) is 25.6 Å². The van der Waals surface area contributed by atoms with Crippen molar-refractivity contribution in [2.24, 2.45) is 0 Å². The highest BCUT2D eigenvalue weighted by Crippen LogP contribution is 2.15. The summed E-state index contributed by atoms with van der Waals surface area (Å²) < 4.78 is 0. The Morgan fingerprint density at radius 1 is 1.27 bits per heavy atom. The molecule has 2 nitrogen and oxygen atoms in total. The van der Waals surface area contributed by atoms with E-state index in [1.807, 2.05) is 34.7 Å². The number of hydrogen-bond acceptors (Lipinski definition) is 2. The van der Waals surface area contributed by atoms with Crippen LogP contribution in [-0.4, -0.2) is 28.5 Å². The normalized spacial score (nSPS) is 10.8. The van der Waals surface area contributed by atoms with Crippen molar-refractivity contribution in [3.8, 4) is 0 Å². The highest BCUT2D eigenvalue weighted by atomic mass is 32.2. The Labute approximate surface area is 73.3 Å². The zero-order valence-corrected chi connectivity index (χ0v) is 8.73. The van der Waals surface area contributed by atoms with Crippen LogP contribution in [0, 0.1) is 0 Å². The Kier molecular flexibility index (Phi) is 4.57. The third-order valence-electron chi connectivity index (χ3n) is 1.40. The zero-order chi connectivity index (χ0) is 9.02. The van der Waals surface area contributed by atoms with Gasteiger partial charge in [-0.3, -0.25) is 4.79 Å². The van der Waals surface area contributed by atoms with Crippen molar-refractivity contribution in [2.45, 2.75) is 39.0 Å². The van der Waals surface area contributed by atoms with Crippen LogP contribution < -0.4 is 0 Å². The van der Waals surface area contributed by atoms with Crippen molar-refractivity contribution >= 4 is 17.0 Å². The lowest BCUT2D eigenvalue weighted by Gasteiger charge is -2.21. The number of carbonyl (C=O) groups excluding carboxylic acids is 1. The first kappa shape index (κ1) is 10.8. The van der Waals surface area contributed by atoms with Gasteiger partial charge in [0.1, 0.15) is 0 Å². The molecule has 0 saturated heterocycles. The number of thioether (sulfide) groups is 1. The van der Waals surface area contributed by atoms with Gasteiger partial charge in [0, 0.05) is 18.3 Å². The maximum Gasteiger partial charge on any atom is 0.281 e. The van der Waals surface area contributed by atoms with Gasteiger partial charge in [0.2, 0.25) is 0 Å². The SMILES string of the molecule is CC(C)SC(=O)N(C)C(C)C. The van der Waals surface area contributed by atoms with E-state index >= 15 is 0 Å². The van der Waals surface area contributed by atoms with E-state index in [2.05, 4.69) is 0 Å². The molecule has 0 aromatic rings. The fourth-order valence-electron chi connectivity index (χ4n) is 0.496. The van der Waals surface area contributed by atoms with E-state index in [4.69, 9.17) is 0 Å².